The topological polar surface area (TPSA) is 26.0 Å². The first-order valence-corrected chi connectivity index (χ1v) is 5.66. The number of hydrogen-bond acceptors (Lipinski definition) is 1. The van der Waals surface area contributed by atoms with Crippen LogP contribution in [0.4, 0.5) is 0 Å². The third-order valence-electron chi connectivity index (χ3n) is 3.12. The second-order valence-electron chi connectivity index (χ2n) is 5.36. The molecule has 0 heterocycles. The fourth-order valence-electron chi connectivity index (χ4n) is 2.09. The molecule has 0 aliphatic heterocycles. The van der Waals surface area contributed by atoms with Gasteiger partial charge in [0.25, 0.3) is 0 Å². The Morgan fingerprint density at radius 1 is 1.20 bits per heavy atom. The summed E-state index contributed by atoms with van der Waals surface area (Å²) in [4.78, 5) is 0. The molecule has 2 N–H and O–H groups in total. The molecule has 0 amide bonds. The van der Waals surface area contributed by atoms with E-state index in [9.17, 15) is 0 Å². The van der Waals surface area contributed by atoms with E-state index in [0.717, 1.165) is 6.42 Å². The molecule has 0 spiro atoms. The van der Waals surface area contributed by atoms with Gasteiger partial charge in [-0.25, -0.2) is 0 Å². The van der Waals surface area contributed by atoms with E-state index < -0.39 is 0 Å². The van der Waals surface area contributed by atoms with E-state index in [0.29, 0.717) is 0 Å². The highest BCUT2D eigenvalue weighted by Crippen LogP contribution is 2.29. The van der Waals surface area contributed by atoms with Crippen LogP contribution in [0.25, 0.3) is 0 Å². The molecule has 0 radical (unpaired) electrons. The van der Waals surface area contributed by atoms with Crippen LogP contribution in [-0.4, -0.2) is 6.04 Å². The Bertz CT molecular complexity index is 337. The van der Waals surface area contributed by atoms with E-state index in [-0.39, 0.29) is 11.5 Å². The SMILES string of the molecule is Cc1ccc(C(C)(C)C[C@@H](C)N)cc1C. The van der Waals surface area contributed by atoms with Crippen LogP contribution >= 0.6 is 0 Å². The Labute approximate surface area is 93.7 Å². The van der Waals surface area contributed by atoms with Crippen molar-refractivity contribution in [2.24, 2.45) is 5.73 Å². The van der Waals surface area contributed by atoms with E-state index >= 15 is 0 Å². The van der Waals surface area contributed by atoms with Crippen molar-refractivity contribution in [3.63, 3.8) is 0 Å². The molecule has 1 aromatic rings. The van der Waals surface area contributed by atoms with Gasteiger partial charge < -0.3 is 5.73 Å². The van der Waals surface area contributed by atoms with E-state index in [1.807, 2.05) is 0 Å². The molecule has 0 saturated heterocycles. The lowest BCUT2D eigenvalue weighted by Crippen LogP contribution is -2.28. The monoisotopic (exact) mass is 205 g/mol. The van der Waals surface area contributed by atoms with E-state index in [2.05, 4.69) is 52.8 Å². The van der Waals surface area contributed by atoms with Crippen molar-refractivity contribution < 1.29 is 0 Å². The van der Waals surface area contributed by atoms with Crippen LogP contribution < -0.4 is 5.73 Å². The summed E-state index contributed by atoms with van der Waals surface area (Å²) in [5.74, 6) is 0. The summed E-state index contributed by atoms with van der Waals surface area (Å²) < 4.78 is 0. The van der Waals surface area contributed by atoms with Gasteiger partial charge in [0.1, 0.15) is 0 Å². The standard InChI is InChI=1S/C14H23N/c1-10-6-7-13(8-11(10)2)14(4,5)9-12(3)15/h6-8,12H,9,15H2,1-5H3/t12-/m1/s1. The van der Waals surface area contributed by atoms with Crippen LogP contribution in [0.2, 0.25) is 0 Å². The number of hydrogen-bond donors (Lipinski definition) is 1. The highest BCUT2D eigenvalue weighted by atomic mass is 14.6. The van der Waals surface area contributed by atoms with Crippen molar-refractivity contribution in [1.29, 1.82) is 0 Å². The van der Waals surface area contributed by atoms with Crippen LogP contribution in [0.1, 0.15) is 43.9 Å². The van der Waals surface area contributed by atoms with Gasteiger partial charge in [0.05, 0.1) is 0 Å². The maximum absolute atomic E-state index is 5.88. The van der Waals surface area contributed by atoms with Crippen LogP contribution in [0.3, 0.4) is 0 Å². The van der Waals surface area contributed by atoms with E-state index in [4.69, 9.17) is 5.73 Å². The van der Waals surface area contributed by atoms with Crippen LogP contribution in [-0.2, 0) is 5.41 Å². The van der Waals surface area contributed by atoms with Crippen molar-refractivity contribution >= 4 is 0 Å². The van der Waals surface area contributed by atoms with Crippen molar-refractivity contribution in [3.8, 4) is 0 Å². The molecule has 0 unspecified atom stereocenters. The predicted octanol–water partition coefficient (Wildman–Crippen LogP) is 3.32. The molecule has 1 aromatic carbocycles. The average Bonchev–Trinajstić information content (AvgIpc) is 2.07. The summed E-state index contributed by atoms with van der Waals surface area (Å²) in [5.41, 5.74) is 10.2. The van der Waals surface area contributed by atoms with Gasteiger partial charge in [-0.2, -0.15) is 0 Å². The minimum Gasteiger partial charge on any atom is -0.328 e. The Balaban J connectivity index is 2.99. The fourth-order valence-corrected chi connectivity index (χ4v) is 2.09. The lowest BCUT2D eigenvalue weighted by molar-refractivity contribution is 0.437. The maximum Gasteiger partial charge on any atom is 0.00187 e. The normalized spacial score (nSPS) is 14.0. The average molecular weight is 205 g/mol. The van der Waals surface area contributed by atoms with Crippen molar-refractivity contribution in [3.05, 3.63) is 34.9 Å². The van der Waals surface area contributed by atoms with Gasteiger partial charge in [0.2, 0.25) is 0 Å². The summed E-state index contributed by atoms with van der Waals surface area (Å²) in [5, 5.41) is 0. The van der Waals surface area contributed by atoms with Gasteiger partial charge in [0, 0.05) is 6.04 Å². The minimum absolute atomic E-state index is 0.173. The molecule has 0 saturated carbocycles. The Morgan fingerprint density at radius 3 is 2.27 bits per heavy atom. The van der Waals surface area contributed by atoms with Crippen molar-refractivity contribution in [2.45, 2.75) is 52.5 Å². The van der Waals surface area contributed by atoms with Gasteiger partial charge in [-0.3, -0.25) is 0 Å². The molecule has 15 heavy (non-hydrogen) atoms. The fraction of sp³-hybridized carbons (Fsp3) is 0.571. The number of nitrogens with two attached hydrogens (primary N) is 1. The molecule has 1 nitrogen and oxygen atoms in total. The van der Waals surface area contributed by atoms with Crippen LogP contribution in [0.5, 0.6) is 0 Å². The molecule has 0 fully saturated rings. The summed E-state index contributed by atoms with van der Waals surface area (Å²) in [7, 11) is 0. The predicted molar refractivity (Wildman–Crippen MR) is 67.2 cm³/mol. The zero-order chi connectivity index (χ0) is 11.6. The maximum atomic E-state index is 5.88. The second-order valence-corrected chi connectivity index (χ2v) is 5.36. The third kappa shape index (κ3) is 3.07. The van der Waals surface area contributed by atoms with Crippen molar-refractivity contribution in [2.75, 3.05) is 0 Å². The molecule has 84 valence electrons. The molecule has 1 heteroatoms. The summed E-state index contributed by atoms with van der Waals surface area (Å²) >= 11 is 0. The molecule has 0 aromatic heterocycles. The molecule has 0 aliphatic rings. The summed E-state index contributed by atoms with van der Waals surface area (Å²) in [6.45, 7) is 10.9. The van der Waals surface area contributed by atoms with Gasteiger partial charge in [0.15, 0.2) is 0 Å². The van der Waals surface area contributed by atoms with Gasteiger partial charge >= 0.3 is 0 Å². The molecule has 0 aliphatic carbocycles. The molecular formula is C14H23N. The Kier molecular flexibility index (Phi) is 3.56. The minimum atomic E-state index is 0.173. The zero-order valence-electron chi connectivity index (χ0n) is 10.6. The molecular weight excluding hydrogens is 182 g/mol. The van der Waals surface area contributed by atoms with Gasteiger partial charge in [-0.05, 0) is 49.3 Å². The highest BCUT2D eigenvalue weighted by molar-refractivity contribution is 5.34. The van der Waals surface area contributed by atoms with Gasteiger partial charge in [-0.15, -0.1) is 0 Å². The molecule has 0 bridgehead atoms. The van der Waals surface area contributed by atoms with E-state index in [1.165, 1.54) is 16.7 Å². The molecule has 1 atom stereocenters. The first kappa shape index (κ1) is 12.3. The number of rotatable bonds is 3. The Morgan fingerprint density at radius 2 is 1.80 bits per heavy atom. The second kappa shape index (κ2) is 4.36. The lowest BCUT2D eigenvalue weighted by Gasteiger charge is -2.28. The lowest BCUT2D eigenvalue weighted by atomic mass is 9.78. The smallest absolute Gasteiger partial charge is 0.00187 e. The highest BCUT2D eigenvalue weighted by Gasteiger charge is 2.22. The van der Waals surface area contributed by atoms with Crippen LogP contribution in [0.15, 0.2) is 18.2 Å². The quantitative estimate of drug-likeness (QED) is 0.805. The van der Waals surface area contributed by atoms with Crippen LogP contribution in [0, 0.1) is 13.8 Å². The molecule has 1 rings (SSSR count). The summed E-state index contributed by atoms with van der Waals surface area (Å²) in [6.07, 6.45) is 1.02. The third-order valence-corrected chi connectivity index (χ3v) is 3.12. The van der Waals surface area contributed by atoms with E-state index in [1.54, 1.807) is 0 Å². The first-order chi connectivity index (χ1) is 6.83. The Hall–Kier alpha value is -0.820. The largest absolute Gasteiger partial charge is 0.328 e. The first-order valence-electron chi connectivity index (χ1n) is 5.66. The number of aryl methyl sites for hydroxylation is 2. The van der Waals surface area contributed by atoms with Crippen molar-refractivity contribution in [1.82, 2.24) is 0 Å². The number of benzene rings is 1. The van der Waals surface area contributed by atoms with Gasteiger partial charge in [-0.1, -0.05) is 32.0 Å². The zero-order valence-corrected chi connectivity index (χ0v) is 10.6. The summed E-state index contributed by atoms with van der Waals surface area (Å²) in [6, 6.07) is 6.97.